The summed E-state index contributed by atoms with van der Waals surface area (Å²) >= 11 is 0. The van der Waals surface area contributed by atoms with Gasteiger partial charge < -0.3 is 17.7 Å². The highest BCUT2D eigenvalue weighted by Gasteiger charge is 2.09. The Morgan fingerprint density at radius 3 is 2.29 bits per heavy atom. The van der Waals surface area contributed by atoms with E-state index in [9.17, 15) is 0 Å². The maximum absolute atomic E-state index is 8.70. The number of aryl methyl sites for hydroxylation is 1. The summed E-state index contributed by atoms with van der Waals surface area (Å²) < 4.78 is 0. The molecule has 0 aliphatic heterocycles. The van der Waals surface area contributed by atoms with Gasteiger partial charge in [0.15, 0.2) is 4.98 Å². The van der Waals surface area contributed by atoms with Crippen LogP contribution in [-0.4, -0.2) is 0 Å². The van der Waals surface area contributed by atoms with Gasteiger partial charge in [-0.1, -0.05) is 18.2 Å². The van der Waals surface area contributed by atoms with Gasteiger partial charge in [-0.15, -0.1) is 0 Å². The van der Waals surface area contributed by atoms with Crippen molar-refractivity contribution < 1.29 is 12.4 Å². The fourth-order valence-electron chi connectivity index (χ4n) is 1.53. The summed E-state index contributed by atoms with van der Waals surface area (Å²) in [5.41, 5.74) is 3.55. The highest BCUT2D eigenvalue weighted by molar-refractivity contribution is 5.65. The SMILES string of the molecule is Cc1cc(Nc2ccccc2)ccc1[N+]#N.[Cl-]. The largest absolute Gasteiger partial charge is 1.00 e. The number of hydrogen-bond acceptors (Lipinski definition) is 2. The first-order valence-corrected chi connectivity index (χ1v) is 5.07. The zero-order chi connectivity index (χ0) is 11.4. The quantitative estimate of drug-likeness (QED) is 0.809. The van der Waals surface area contributed by atoms with Crippen LogP contribution in [0.5, 0.6) is 0 Å². The monoisotopic (exact) mass is 245 g/mol. The number of rotatable bonds is 2. The van der Waals surface area contributed by atoms with E-state index in [4.69, 9.17) is 5.39 Å². The molecule has 0 aromatic heterocycles. The van der Waals surface area contributed by atoms with Crippen LogP contribution >= 0.6 is 0 Å². The van der Waals surface area contributed by atoms with E-state index in [0.717, 1.165) is 16.9 Å². The van der Waals surface area contributed by atoms with Crippen molar-refractivity contribution in [1.29, 1.82) is 5.39 Å². The van der Waals surface area contributed by atoms with Crippen LogP contribution in [0.1, 0.15) is 5.56 Å². The van der Waals surface area contributed by atoms with Gasteiger partial charge in [0.25, 0.3) is 0 Å². The van der Waals surface area contributed by atoms with Crippen molar-refractivity contribution in [2.75, 3.05) is 5.32 Å². The Kier molecular flexibility index (Phi) is 4.50. The Bertz CT molecular complexity index is 532. The van der Waals surface area contributed by atoms with Gasteiger partial charge >= 0.3 is 5.69 Å². The van der Waals surface area contributed by atoms with Crippen LogP contribution in [0.2, 0.25) is 0 Å². The molecule has 3 nitrogen and oxygen atoms in total. The van der Waals surface area contributed by atoms with Gasteiger partial charge in [-0.2, -0.15) is 0 Å². The fraction of sp³-hybridized carbons (Fsp3) is 0.0769. The first-order chi connectivity index (χ1) is 7.79. The van der Waals surface area contributed by atoms with Crippen LogP contribution in [-0.2, 0) is 0 Å². The predicted molar refractivity (Wildman–Crippen MR) is 65.6 cm³/mol. The second kappa shape index (κ2) is 5.88. The van der Waals surface area contributed by atoms with Gasteiger partial charge in [-0.25, -0.2) is 0 Å². The molecule has 0 unspecified atom stereocenters. The van der Waals surface area contributed by atoms with Gasteiger partial charge in [0.2, 0.25) is 5.39 Å². The third-order valence-electron chi connectivity index (χ3n) is 2.37. The Balaban J connectivity index is 0.00000144. The smallest absolute Gasteiger partial charge is 0.388 e. The normalized spacial score (nSPS) is 8.94. The second-order valence-electron chi connectivity index (χ2n) is 3.59. The zero-order valence-corrected chi connectivity index (χ0v) is 10.1. The molecule has 17 heavy (non-hydrogen) atoms. The molecule has 0 spiro atoms. The summed E-state index contributed by atoms with van der Waals surface area (Å²) in [6, 6.07) is 15.5. The molecule has 0 aliphatic carbocycles. The van der Waals surface area contributed by atoms with Gasteiger partial charge in [0.1, 0.15) is 0 Å². The molecule has 0 bridgehead atoms. The van der Waals surface area contributed by atoms with Crippen molar-refractivity contribution in [2.45, 2.75) is 6.92 Å². The topological polar surface area (TPSA) is 40.2 Å². The molecule has 0 saturated heterocycles. The number of hydrogen-bond donors (Lipinski definition) is 1. The first-order valence-electron chi connectivity index (χ1n) is 5.07. The number of para-hydroxylation sites is 1. The minimum absolute atomic E-state index is 0. The Morgan fingerprint density at radius 2 is 1.71 bits per heavy atom. The number of benzene rings is 2. The van der Waals surface area contributed by atoms with E-state index in [2.05, 4.69) is 10.3 Å². The van der Waals surface area contributed by atoms with E-state index >= 15 is 0 Å². The van der Waals surface area contributed by atoms with Crippen molar-refractivity contribution >= 4 is 17.1 Å². The van der Waals surface area contributed by atoms with Gasteiger partial charge in [-0.05, 0) is 31.2 Å². The maximum atomic E-state index is 8.70. The molecular weight excluding hydrogens is 234 g/mol. The minimum atomic E-state index is 0. The maximum Gasteiger partial charge on any atom is 0.388 e. The minimum Gasteiger partial charge on any atom is -1.00 e. The summed E-state index contributed by atoms with van der Waals surface area (Å²) in [6.45, 7) is 1.91. The third-order valence-corrected chi connectivity index (χ3v) is 2.37. The number of nitrogens with one attached hydrogen (secondary N) is 1. The van der Waals surface area contributed by atoms with Gasteiger partial charge in [0.05, 0.1) is 0 Å². The van der Waals surface area contributed by atoms with Crippen molar-refractivity contribution in [3.05, 3.63) is 59.1 Å². The number of anilines is 2. The van der Waals surface area contributed by atoms with E-state index < -0.39 is 0 Å². The second-order valence-corrected chi connectivity index (χ2v) is 3.59. The van der Waals surface area contributed by atoms with Crippen LogP contribution in [0.3, 0.4) is 0 Å². The van der Waals surface area contributed by atoms with Crippen molar-refractivity contribution in [3.8, 4) is 0 Å². The summed E-state index contributed by atoms with van der Waals surface area (Å²) in [5.74, 6) is 0. The zero-order valence-electron chi connectivity index (χ0n) is 9.39. The van der Waals surface area contributed by atoms with E-state index in [0.29, 0.717) is 5.69 Å². The average Bonchev–Trinajstić information content (AvgIpc) is 2.31. The molecule has 4 heteroatoms. The molecule has 0 aliphatic rings. The summed E-state index contributed by atoms with van der Waals surface area (Å²) in [7, 11) is 0. The fourth-order valence-corrected chi connectivity index (χ4v) is 1.53. The lowest BCUT2D eigenvalue weighted by molar-refractivity contribution is -0.00000347. The number of diazo groups is 1. The molecule has 2 aromatic carbocycles. The van der Waals surface area contributed by atoms with Crippen LogP contribution in [0, 0.1) is 12.3 Å². The van der Waals surface area contributed by atoms with Crippen molar-refractivity contribution in [1.82, 2.24) is 0 Å². The highest BCUT2D eigenvalue weighted by Crippen LogP contribution is 2.24. The molecule has 0 amide bonds. The van der Waals surface area contributed by atoms with E-state index in [1.807, 2.05) is 49.4 Å². The Labute approximate surface area is 107 Å². The van der Waals surface area contributed by atoms with Crippen molar-refractivity contribution in [2.24, 2.45) is 0 Å². The summed E-state index contributed by atoms with van der Waals surface area (Å²) in [4.78, 5) is 3.19. The molecule has 0 saturated carbocycles. The molecular formula is C13H12ClN3. The van der Waals surface area contributed by atoms with Gasteiger partial charge in [0, 0.05) is 23.0 Å². The summed E-state index contributed by atoms with van der Waals surface area (Å²) in [6.07, 6.45) is 0. The van der Waals surface area contributed by atoms with Crippen molar-refractivity contribution in [3.63, 3.8) is 0 Å². The standard InChI is InChI=1S/C13H12N3.ClH/c1-10-9-12(7-8-13(10)16-14)15-11-5-3-2-4-6-11;/h2-9,15H,1H3;1H/q+1;/p-1. The average molecular weight is 246 g/mol. The lowest BCUT2D eigenvalue weighted by Gasteiger charge is -2.05. The molecule has 2 rings (SSSR count). The lowest BCUT2D eigenvalue weighted by atomic mass is 10.2. The van der Waals surface area contributed by atoms with Crippen LogP contribution in [0.15, 0.2) is 48.5 Å². The van der Waals surface area contributed by atoms with Crippen LogP contribution in [0.4, 0.5) is 17.1 Å². The molecule has 0 radical (unpaired) electrons. The third kappa shape index (κ3) is 3.20. The molecule has 0 atom stereocenters. The number of nitrogens with zero attached hydrogens (tertiary/aromatic N) is 2. The first kappa shape index (κ1) is 13.0. The highest BCUT2D eigenvalue weighted by atomic mass is 35.5. The van der Waals surface area contributed by atoms with Crippen LogP contribution in [0.25, 0.3) is 4.98 Å². The summed E-state index contributed by atoms with van der Waals surface area (Å²) in [5, 5.41) is 12.0. The van der Waals surface area contributed by atoms with Crippen LogP contribution < -0.4 is 17.7 Å². The van der Waals surface area contributed by atoms with E-state index in [-0.39, 0.29) is 12.4 Å². The van der Waals surface area contributed by atoms with Gasteiger partial charge in [-0.3, -0.25) is 0 Å². The lowest BCUT2D eigenvalue weighted by Crippen LogP contribution is -3.00. The van der Waals surface area contributed by atoms with E-state index in [1.54, 1.807) is 6.07 Å². The molecule has 86 valence electrons. The predicted octanol–water partition coefficient (Wildman–Crippen LogP) is 1.23. The Morgan fingerprint density at radius 1 is 1.00 bits per heavy atom. The molecule has 0 heterocycles. The molecule has 0 fully saturated rings. The van der Waals surface area contributed by atoms with E-state index in [1.165, 1.54) is 0 Å². The molecule has 1 N–H and O–H groups in total. The number of halogens is 1. The Hall–Kier alpha value is -2.05. The molecule has 2 aromatic rings.